The highest BCUT2D eigenvalue weighted by Gasteiger charge is 2.48. The molecule has 40 heavy (non-hydrogen) atoms. The molecule has 0 aromatic heterocycles. The molecule has 7 nitrogen and oxygen atoms in total. The summed E-state index contributed by atoms with van der Waals surface area (Å²) in [6.07, 6.45) is 7.51. The summed E-state index contributed by atoms with van der Waals surface area (Å²) in [6, 6.07) is 16.0. The first-order chi connectivity index (χ1) is 19.6. The minimum absolute atomic E-state index is 0.0391. The first-order valence-electron chi connectivity index (χ1n) is 15.4. The van der Waals surface area contributed by atoms with E-state index in [1.807, 2.05) is 29.2 Å². The molecule has 3 amide bonds. The van der Waals surface area contributed by atoms with Gasteiger partial charge in [0.2, 0.25) is 5.91 Å². The van der Waals surface area contributed by atoms with Crippen LogP contribution in [0, 0.1) is 5.92 Å². The maximum absolute atomic E-state index is 13.9. The summed E-state index contributed by atoms with van der Waals surface area (Å²) in [6.45, 7) is 7.46. The predicted molar refractivity (Wildman–Crippen MR) is 156 cm³/mol. The number of ether oxygens (including phenoxy) is 2. The van der Waals surface area contributed by atoms with Crippen molar-refractivity contribution in [1.82, 2.24) is 15.1 Å². The third-order valence-electron chi connectivity index (χ3n) is 8.77. The second kappa shape index (κ2) is 13.5. The van der Waals surface area contributed by atoms with Crippen LogP contribution in [-0.4, -0.2) is 60.7 Å². The van der Waals surface area contributed by atoms with E-state index in [0.717, 1.165) is 69.2 Å². The Labute approximate surface area is 239 Å². The molecule has 0 saturated carbocycles. The summed E-state index contributed by atoms with van der Waals surface area (Å²) in [5.74, 6) is 0.894. The Morgan fingerprint density at radius 3 is 2.73 bits per heavy atom. The second-order valence-electron chi connectivity index (χ2n) is 11.4. The van der Waals surface area contributed by atoms with E-state index < -0.39 is 0 Å². The quantitative estimate of drug-likeness (QED) is 0.348. The first kappa shape index (κ1) is 28.5. The summed E-state index contributed by atoms with van der Waals surface area (Å²) in [7, 11) is 0. The van der Waals surface area contributed by atoms with Crippen molar-refractivity contribution < 1.29 is 19.1 Å². The van der Waals surface area contributed by atoms with Gasteiger partial charge in [-0.15, -0.1) is 0 Å². The van der Waals surface area contributed by atoms with Gasteiger partial charge in [0, 0.05) is 25.7 Å². The van der Waals surface area contributed by atoms with Gasteiger partial charge < -0.3 is 24.6 Å². The summed E-state index contributed by atoms with van der Waals surface area (Å²) in [4.78, 5) is 31.7. The molecule has 3 aliphatic rings. The summed E-state index contributed by atoms with van der Waals surface area (Å²) >= 11 is 0. The Bertz CT molecular complexity index is 1150. The van der Waals surface area contributed by atoms with Gasteiger partial charge in [0.25, 0.3) is 0 Å². The van der Waals surface area contributed by atoms with Crippen LogP contribution < -0.4 is 10.1 Å². The Balaban J connectivity index is 1.33. The van der Waals surface area contributed by atoms with Gasteiger partial charge in [-0.25, -0.2) is 4.79 Å². The zero-order chi connectivity index (χ0) is 27.9. The fourth-order valence-corrected chi connectivity index (χ4v) is 6.56. The molecule has 1 N–H and O–H groups in total. The lowest BCUT2D eigenvalue weighted by Gasteiger charge is -2.51. The maximum atomic E-state index is 13.9. The van der Waals surface area contributed by atoms with Crippen LogP contribution in [0.25, 0.3) is 0 Å². The Morgan fingerprint density at radius 2 is 1.88 bits per heavy atom. The van der Waals surface area contributed by atoms with Crippen molar-refractivity contribution in [2.24, 2.45) is 5.92 Å². The van der Waals surface area contributed by atoms with Crippen LogP contribution >= 0.6 is 0 Å². The number of likely N-dealkylation sites (tertiary alicyclic amines) is 1. The zero-order valence-corrected chi connectivity index (χ0v) is 24.1. The molecule has 0 radical (unpaired) electrons. The van der Waals surface area contributed by atoms with Crippen molar-refractivity contribution in [1.29, 1.82) is 0 Å². The molecule has 0 aliphatic carbocycles. The van der Waals surface area contributed by atoms with Crippen molar-refractivity contribution in [3.63, 3.8) is 0 Å². The summed E-state index contributed by atoms with van der Waals surface area (Å²) in [5.41, 5.74) is 3.54. The number of fused-ring (bicyclic) bond motifs is 4. The van der Waals surface area contributed by atoms with E-state index in [1.165, 1.54) is 11.1 Å². The van der Waals surface area contributed by atoms with Gasteiger partial charge in [-0.2, -0.15) is 0 Å². The topological polar surface area (TPSA) is 71.1 Å². The monoisotopic (exact) mass is 547 g/mol. The first-order valence-corrected chi connectivity index (χ1v) is 15.4. The van der Waals surface area contributed by atoms with Gasteiger partial charge in [-0.3, -0.25) is 4.79 Å². The number of carbonyl (C=O) groups excluding carboxylic acids is 2. The Morgan fingerprint density at radius 1 is 1.05 bits per heavy atom. The smallest absolute Gasteiger partial charge is 0.318 e. The molecule has 216 valence electrons. The van der Waals surface area contributed by atoms with Gasteiger partial charge >= 0.3 is 6.03 Å². The average Bonchev–Trinajstić information content (AvgIpc) is 2.98. The number of unbranched alkanes of at least 4 members (excludes halogenated alkanes) is 2. The number of hydrogen-bond acceptors (Lipinski definition) is 4. The third-order valence-corrected chi connectivity index (χ3v) is 8.77. The minimum Gasteiger partial charge on any atom is -0.494 e. The number of amides is 3. The molecule has 2 saturated heterocycles. The lowest BCUT2D eigenvalue weighted by atomic mass is 9.76. The van der Waals surface area contributed by atoms with Crippen molar-refractivity contribution in [2.45, 2.75) is 83.3 Å². The molecule has 0 spiro atoms. The van der Waals surface area contributed by atoms with Crippen molar-refractivity contribution >= 4 is 11.9 Å². The highest BCUT2D eigenvalue weighted by Crippen LogP contribution is 2.43. The van der Waals surface area contributed by atoms with E-state index in [2.05, 4.69) is 48.3 Å². The second-order valence-corrected chi connectivity index (χ2v) is 11.4. The zero-order valence-electron chi connectivity index (χ0n) is 24.1. The van der Waals surface area contributed by atoms with Gasteiger partial charge in [0.05, 0.1) is 31.2 Å². The van der Waals surface area contributed by atoms with E-state index in [4.69, 9.17) is 9.47 Å². The highest BCUT2D eigenvalue weighted by molar-refractivity contribution is 5.84. The van der Waals surface area contributed by atoms with Crippen molar-refractivity contribution in [3.8, 4) is 5.75 Å². The number of rotatable bonds is 11. The lowest BCUT2D eigenvalue weighted by Crippen LogP contribution is -2.61. The van der Waals surface area contributed by atoms with E-state index in [9.17, 15) is 9.59 Å². The molecule has 3 aliphatic heterocycles. The van der Waals surface area contributed by atoms with Crippen molar-refractivity contribution in [3.05, 3.63) is 65.2 Å². The molecule has 5 rings (SSSR count). The summed E-state index contributed by atoms with van der Waals surface area (Å²) < 4.78 is 12.0. The van der Waals surface area contributed by atoms with Crippen LogP contribution in [0.2, 0.25) is 0 Å². The van der Waals surface area contributed by atoms with Gasteiger partial charge in [-0.1, -0.05) is 63.1 Å². The van der Waals surface area contributed by atoms with Crippen LogP contribution in [0.4, 0.5) is 4.79 Å². The molecular weight excluding hydrogens is 502 g/mol. The number of nitrogens with one attached hydrogen (secondary N) is 1. The molecule has 3 heterocycles. The Kier molecular flexibility index (Phi) is 9.63. The maximum Gasteiger partial charge on any atom is 0.318 e. The number of benzene rings is 2. The number of nitrogens with zero attached hydrogens (tertiary/aromatic N) is 2. The largest absolute Gasteiger partial charge is 0.494 e. The van der Waals surface area contributed by atoms with E-state index >= 15 is 0 Å². The highest BCUT2D eigenvalue weighted by atomic mass is 16.5. The molecular formula is C33H45N3O4. The number of piperidine rings is 2. The SMILES string of the molecule is CCCCOC[C@H](NC(=O)N1CCC[C@H]2C(=O)N3CCc4ccccc4[C@@H]3C[C@H]21)c1cccc(OCCCC)c1. The molecule has 0 unspecified atom stereocenters. The van der Waals surface area contributed by atoms with Gasteiger partial charge in [0.1, 0.15) is 5.75 Å². The van der Waals surface area contributed by atoms with E-state index in [0.29, 0.717) is 26.4 Å². The standard InChI is InChI=1S/C33H45N3O4/c1-3-5-19-39-23-29(25-12-9-13-26(21-25)40-20-6-4-2)34-33(38)36-17-10-15-28-31(36)22-30-27-14-8-7-11-24(27)16-18-35(30)32(28)37/h7-9,11-14,21,28-31H,3-6,10,15-20,22-23H2,1-2H3,(H,34,38)/t28-,29+,30+,31-/m1/s1. The molecule has 4 atom stereocenters. The fourth-order valence-electron chi connectivity index (χ4n) is 6.56. The van der Waals surface area contributed by atoms with Crippen LogP contribution in [0.5, 0.6) is 5.75 Å². The lowest BCUT2D eigenvalue weighted by molar-refractivity contribution is -0.148. The normalized spacial score (nSPS) is 22.6. The van der Waals surface area contributed by atoms with E-state index in [1.54, 1.807) is 0 Å². The molecule has 2 aromatic rings. The average molecular weight is 548 g/mol. The van der Waals surface area contributed by atoms with Crippen molar-refractivity contribution in [2.75, 3.05) is 32.9 Å². The number of hydrogen-bond donors (Lipinski definition) is 1. The molecule has 2 fully saturated rings. The molecule has 7 heteroatoms. The van der Waals surface area contributed by atoms with Crippen LogP contribution in [0.1, 0.15) is 87.6 Å². The van der Waals surface area contributed by atoms with Crippen LogP contribution in [0.3, 0.4) is 0 Å². The Hall–Kier alpha value is -3.06. The van der Waals surface area contributed by atoms with Crippen LogP contribution in [0.15, 0.2) is 48.5 Å². The number of urea groups is 1. The number of carbonyl (C=O) groups is 2. The minimum atomic E-state index is -0.300. The van der Waals surface area contributed by atoms with E-state index in [-0.39, 0.29) is 36.0 Å². The van der Waals surface area contributed by atoms with Crippen LogP contribution in [-0.2, 0) is 16.0 Å². The summed E-state index contributed by atoms with van der Waals surface area (Å²) in [5, 5.41) is 3.30. The predicted octanol–water partition coefficient (Wildman–Crippen LogP) is 6.04. The fraction of sp³-hybridized carbons (Fsp3) is 0.576. The molecule has 2 aromatic carbocycles. The van der Waals surface area contributed by atoms with Gasteiger partial charge in [0.15, 0.2) is 0 Å². The molecule has 0 bridgehead atoms. The third kappa shape index (κ3) is 6.30. The van der Waals surface area contributed by atoms with Gasteiger partial charge in [-0.05, 0) is 67.3 Å².